The summed E-state index contributed by atoms with van der Waals surface area (Å²) in [4.78, 5) is 0. The Bertz CT molecular complexity index is 157. The predicted molar refractivity (Wildman–Crippen MR) is 76.1 cm³/mol. The van der Waals surface area contributed by atoms with Gasteiger partial charge in [-0.2, -0.15) is 0 Å². The van der Waals surface area contributed by atoms with Gasteiger partial charge >= 0.3 is 0 Å². The summed E-state index contributed by atoms with van der Waals surface area (Å²) in [6.45, 7) is 3.42. The van der Waals surface area contributed by atoms with Crippen molar-refractivity contribution in [1.29, 1.82) is 0 Å². The first-order valence-electron chi connectivity index (χ1n) is 7.41. The molecule has 0 aromatic rings. The van der Waals surface area contributed by atoms with Crippen LogP contribution in [0.1, 0.15) is 71.1 Å². The Morgan fingerprint density at radius 2 is 1.53 bits per heavy atom. The molecule has 0 aromatic carbocycles. The smallest absolute Gasteiger partial charge is 0.0447 e. The van der Waals surface area contributed by atoms with Crippen LogP contribution in [0.4, 0.5) is 0 Å². The second kappa shape index (κ2) is 15.5. The van der Waals surface area contributed by atoms with E-state index in [2.05, 4.69) is 18.3 Å². The summed E-state index contributed by atoms with van der Waals surface area (Å²) in [5.74, 6) is 0. The summed E-state index contributed by atoms with van der Waals surface area (Å²) in [6.07, 6.45) is 17.3. The molecular weight excluding hydrogens is 210 g/mol. The molecule has 0 radical (unpaired) electrons. The Labute approximate surface area is 108 Å². The van der Waals surface area contributed by atoms with Crippen LogP contribution in [0.3, 0.4) is 0 Å². The van der Waals surface area contributed by atoms with E-state index in [1.807, 2.05) is 6.20 Å². The van der Waals surface area contributed by atoms with Crippen molar-refractivity contribution in [3.8, 4) is 0 Å². The zero-order chi connectivity index (χ0) is 12.6. The Morgan fingerprint density at radius 3 is 2.18 bits per heavy atom. The van der Waals surface area contributed by atoms with Gasteiger partial charge in [0, 0.05) is 13.2 Å². The summed E-state index contributed by atoms with van der Waals surface area (Å²) in [5, 5.41) is 11.8. The van der Waals surface area contributed by atoms with Crippen molar-refractivity contribution in [3.63, 3.8) is 0 Å². The largest absolute Gasteiger partial charge is 0.396 e. The highest BCUT2D eigenvalue weighted by Gasteiger charge is 1.90. The van der Waals surface area contributed by atoms with Gasteiger partial charge < -0.3 is 10.4 Å². The molecule has 0 heterocycles. The lowest BCUT2D eigenvalue weighted by Crippen LogP contribution is -2.07. The van der Waals surface area contributed by atoms with Crippen LogP contribution in [0, 0.1) is 0 Å². The quantitative estimate of drug-likeness (QED) is 0.478. The number of unbranched alkanes of at least 4 members (excludes halogenated alkanes) is 8. The summed E-state index contributed by atoms with van der Waals surface area (Å²) in [5.41, 5.74) is 0. The van der Waals surface area contributed by atoms with Crippen LogP contribution in [0.25, 0.3) is 0 Å². The molecule has 0 unspecified atom stereocenters. The van der Waals surface area contributed by atoms with Gasteiger partial charge in [0.15, 0.2) is 0 Å². The molecular formula is C15H31NO. The minimum absolute atomic E-state index is 0.277. The molecule has 2 N–H and O–H groups in total. The molecule has 0 spiro atoms. The third kappa shape index (κ3) is 15.5. The second-order valence-corrected chi connectivity index (χ2v) is 4.70. The van der Waals surface area contributed by atoms with Crippen LogP contribution in [0.2, 0.25) is 0 Å². The Kier molecular flexibility index (Phi) is 15.0. The first-order chi connectivity index (χ1) is 8.41. The SMILES string of the molecule is CCCCCCCCCCC=CNCCCO. The van der Waals surface area contributed by atoms with Gasteiger partial charge in [-0.05, 0) is 25.5 Å². The molecule has 0 rings (SSSR count). The van der Waals surface area contributed by atoms with Gasteiger partial charge in [-0.3, -0.25) is 0 Å². The number of aliphatic hydroxyl groups excluding tert-OH is 1. The lowest BCUT2D eigenvalue weighted by atomic mass is 10.1. The minimum Gasteiger partial charge on any atom is -0.396 e. The monoisotopic (exact) mass is 241 g/mol. The van der Waals surface area contributed by atoms with Crippen molar-refractivity contribution in [1.82, 2.24) is 5.32 Å². The number of rotatable bonds is 13. The normalized spacial score (nSPS) is 11.2. The maximum atomic E-state index is 8.58. The van der Waals surface area contributed by atoms with Crippen molar-refractivity contribution in [2.75, 3.05) is 13.2 Å². The fourth-order valence-corrected chi connectivity index (χ4v) is 1.83. The average molecular weight is 241 g/mol. The highest BCUT2D eigenvalue weighted by Crippen LogP contribution is 2.09. The fourth-order valence-electron chi connectivity index (χ4n) is 1.83. The first-order valence-corrected chi connectivity index (χ1v) is 7.41. The van der Waals surface area contributed by atoms with E-state index in [1.165, 1.54) is 57.8 Å². The standard InChI is InChI=1S/C15H31NO/c1-2-3-4-5-6-7-8-9-10-11-13-16-14-12-15-17/h11,13,16-17H,2-10,12,14-15H2,1H3. The van der Waals surface area contributed by atoms with E-state index in [-0.39, 0.29) is 6.61 Å². The zero-order valence-corrected chi connectivity index (χ0v) is 11.6. The van der Waals surface area contributed by atoms with E-state index in [0.717, 1.165) is 13.0 Å². The van der Waals surface area contributed by atoms with E-state index < -0.39 is 0 Å². The van der Waals surface area contributed by atoms with E-state index in [9.17, 15) is 0 Å². The van der Waals surface area contributed by atoms with E-state index in [0.29, 0.717) is 0 Å². The van der Waals surface area contributed by atoms with Crippen molar-refractivity contribution >= 4 is 0 Å². The van der Waals surface area contributed by atoms with Crippen LogP contribution < -0.4 is 5.32 Å². The molecule has 0 saturated heterocycles. The van der Waals surface area contributed by atoms with Crippen molar-refractivity contribution < 1.29 is 5.11 Å². The topological polar surface area (TPSA) is 32.3 Å². The molecule has 2 heteroatoms. The van der Waals surface area contributed by atoms with E-state index in [4.69, 9.17) is 5.11 Å². The molecule has 0 amide bonds. The van der Waals surface area contributed by atoms with Crippen LogP contribution in [0.5, 0.6) is 0 Å². The lowest BCUT2D eigenvalue weighted by Gasteiger charge is -2.00. The molecule has 0 aliphatic heterocycles. The number of hydrogen-bond donors (Lipinski definition) is 2. The van der Waals surface area contributed by atoms with Crippen molar-refractivity contribution in [2.24, 2.45) is 0 Å². The second-order valence-electron chi connectivity index (χ2n) is 4.70. The fraction of sp³-hybridized carbons (Fsp3) is 0.867. The lowest BCUT2D eigenvalue weighted by molar-refractivity contribution is 0.288. The number of nitrogens with one attached hydrogen (secondary N) is 1. The average Bonchev–Trinajstić information content (AvgIpc) is 2.35. The molecule has 0 aromatic heterocycles. The van der Waals surface area contributed by atoms with Crippen molar-refractivity contribution in [3.05, 3.63) is 12.3 Å². The number of aliphatic hydroxyl groups is 1. The molecule has 0 fully saturated rings. The highest BCUT2D eigenvalue weighted by atomic mass is 16.3. The third-order valence-corrected chi connectivity index (χ3v) is 2.94. The van der Waals surface area contributed by atoms with E-state index in [1.54, 1.807) is 0 Å². The van der Waals surface area contributed by atoms with Crippen LogP contribution in [0.15, 0.2) is 12.3 Å². The molecule has 0 bridgehead atoms. The Balaban J connectivity index is 2.97. The van der Waals surface area contributed by atoms with Gasteiger partial charge in [-0.15, -0.1) is 0 Å². The summed E-state index contributed by atoms with van der Waals surface area (Å²) in [7, 11) is 0. The third-order valence-electron chi connectivity index (χ3n) is 2.94. The van der Waals surface area contributed by atoms with E-state index >= 15 is 0 Å². The predicted octanol–water partition coefficient (Wildman–Crippen LogP) is 4.00. The van der Waals surface area contributed by atoms with Crippen molar-refractivity contribution in [2.45, 2.75) is 71.1 Å². The van der Waals surface area contributed by atoms with Gasteiger partial charge in [-0.25, -0.2) is 0 Å². The molecule has 0 saturated carbocycles. The molecule has 0 atom stereocenters. The zero-order valence-electron chi connectivity index (χ0n) is 11.6. The summed E-state index contributed by atoms with van der Waals surface area (Å²) < 4.78 is 0. The van der Waals surface area contributed by atoms with Crippen LogP contribution in [-0.2, 0) is 0 Å². The molecule has 0 aliphatic rings. The van der Waals surface area contributed by atoms with Crippen LogP contribution in [-0.4, -0.2) is 18.3 Å². The van der Waals surface area contributed by atoms with Gasteiger partial charge in [0.2, 0.25) is 0 Å². The number of allylic oxidation sites excluding steroid dienone is 1. The highest BCUT2D eigenvalue weighted by molar-refractivity contribution is 4.78. The first kappa shape index (κ1) is 16.5. The van der Waals surface area contributed by atoms with Gasteiger partial charge in [0.1, 0.15) is 0 Å². The van der Waals surface area contributed by atoms with Gasteiger partial charge in [-0.1, -0.05) is 57.9 Å². The maximum absolute atomic E-state index is 8.58. The Hall–Kier alpha value is -0.500. The number of hydrogen-bond acceptors (Lipinski definition) is 2. The summed E-state index contributed by atoms with van der Waals surface area (Å²) in [6, 6.07) is 0. The summed E-state index contributed by atoms with van der Waals surface area (Å²) >= 11 is 0. The maximum Gasteiger partial charge on any atom is 0.0447 e. The van der Waals surface area contributed by atoms with Gasteiger partial charge in [0.25, 0.3) is 0 Å². The molecule has 2 nitrogen and oxygen atoms in total. The molecule has 102 valence electrons. The minimum atomic E-state index is 0.277. The molecule has 17 heavy (non-hydrogen) atoms. The van der Waals surface area contributed by atoms with Crippen LogP contribution >= 0.6 is 0 Å². The molecule has 0 aliphatic carbocycles. The van der Waals surface area contributed by atoms with Gasteiger partial charge in [0.05, 0.1) is 0 Å². The Morgan fingerprint density at radius 1 is 0.882 bits per heavy atom.